The van der Waals surface area contributed by atoms with E-state index in [1.54, 1.807) is 0 Å². The van der Waals surface area contributed by atoms with Gasteiger partial charge in [-0.15, -0.1) is 0 Å². The highest BCUT2D eigenvalue weighted by Crippen LogP contribution is 2.30. The van der Waals surface area contributed by atoms with Gasteiger partial charge in [0.15, 0.2) is 11.2 Å². The number of aliphatic hydroxyl groups excluding tert-OH is 4. The normalized spacial score (nSPS) is 23.2. The van der Waals surface area contributed by atoms with E-state index < -0.39 is 77.8 Å². The highest BCUT2D eigenvalue weighted by atomic mass is 19.4. The summed E-state index contributed by atoms with van der Waals surface area (Å²) in [6.07, 6.45) is -15.2. The van der Waals surface area contributed by atoms with Crippen LogP contribution in [-0.4, -0.2) is 85.5 Å². The van der Waals surface area contributed by atoms with Crippen LogP contribution in [0, 0.1) is 5.41 Å². The number of hydrogen-bond acceptors (Lipinski definition) is 11. The Hall–Kier alpha value is -4.36. The van der Waals surface area contributed by atoms with Crippen molar-refractivity contribution in [2.75, 3.05) is 12.3 Å². The molecular formula is C26H24F6N6O6. The number of benzene rings is 2. The van der Waals surface area contributed by atoms with Crippen molar-refractivity contribution in [1.82, 2.24) is 9.66 Å². The molecule has 1 aromatic heterocycles. The summed E-state index contributed by atoms with van der Waals surface area (Å²) in [5.41, 5.74) is 1.56. The molecule has 0 aliphatic carbocycles. The van der Waals surface area contributed by atoms with Gasteiger partial charge in [0.05, 0.1) is 29.6 Å². The molecule has 1 aliphatic heterocycles. The minimum absolute atomic E-state index is 0.135. The van der Waals surface area contributed by atoms with E-state index in [1.807, 2.05) is 0 Å². The minimum atomic E-state index is -5.18. The molecule has 12 nitrogen and oxygen atoms in total. The SMILES string of the molecule is N=C(c1c(N)n(N=Cc2ccc(OC3OC(CO)C(O)C(O)C3O)cc2)cnc1=Nc1ccc(C(F)(F)F)cc1)C(F)(F)F. The molecule has 0 spiro atoms. The summed E-state index contributed by atoms with van der Waals surface area (Å²) in [6, 6.07) is 8.89. The molecule has 18 heteroatoms. The molecule has 3 aromatic rings. The Morgan fingerprint density at radius 2 is 1.64 bits per heavy atom. The van der Waals surface area contributed by atoms with Gasteiger partial charge in [-0.25, -0.2) is 14.7 Å². The van der Waals surface area contributed by atoms with Crippen LogP contribution in [0.5, 0.6) is 5.75 Å². The number of ether oxygens (including phenoxy) is 2. The number of aromatic nitrogens is 2. The van der Waals surface area contributed by atoms with Gasteiger partial charge < -0.3 is 35.6 Å². The first-order chi connectivity index (χ1) is 20.6. The Bertz CT molecular complexity index is 1570. The number of rotatable bonds is 7. The second kappa shape index (κ2) is 12.7. The van der Waals surface area contributed by atoms with Gasteiger partial charge in [0.2, 0.25) is 6.29 Å². The second-order valence-corrected chi connectivity index (χ2v) is 9.33. The average Bonchev–Trinajstić information content (AvgIpc) is 2.97. The third-order valence-electron chi connectivity index (χ3n) is 6.29. The minimum Gasteiger partial charge on any atom is -0.462 e. The van der Waals surface area contributed by atoms with Gasteiger partial charge in [0, 0.05) is 0 Å². The summed E-state index contributed by atoms with van der Waals surface area (Å²) in [6.45, 7) is -0.649. The lowest BCUT2D eigenvalue weighted by Crippen LogP contribution is -2.60. The van der Waals surface area contributed by atoms with Crippen LogP contribution in [0.3, 0.4) is 0 Å². The van der Waals surface area contributed by atoms with Crippen molar-refractivity contribution >= 4 is 23.4 Å². The molecule has 1 aliphatic rings. The fourth-order valence-electron chi connectivity index (χ4n) is 3.93. The standard InChI is InChI=1S/C26H24F6N6O6/c27-25(28,29)13-3-5-14(6-4-13)37-23-17(21(33)26(30,31)32)22(34)38(11-35-23)36-9-12-1-7-15(8-2-12)43-24-20(42)19(41)18(40)16(10-39)44-24/h1-9,11,16,18-20,24,33,39-42H,10,34H2. The number of nitrogens with zero attached hydrogens (tertiary/aromatic N) is 4. The number of alkyl halides is 6. The third-order valence-corrected chi connectivity index (χ3v) is 6.29. The number of nitrogens with two attached hydrogens (primary N) is 1. The molecule has 236 valence electrons. The molecule has 5 atom stereocenters. The van der Waals surface area contributed by atoms with Gasteiger partial charge in [-0.05, 0) is 54.1 Å². The van der Waals surface area contributed by atoms with E-state index in [9.17, 15) is 46.8 Å². The smallest absolute Gasteiger partial charge is 0.433 e. The molecular weight excluding hydrogens is 606 g/mol. The van der Waals surface area contributed by atoms with Gasteiger partial charge in [-0.3, -0.25) is 5.41 Å². The molecule has 5 unspecified atom stereocenters. The van der Waals surface area contributed by atoms with Crippen molar-refractivity contribution in [2.45, 2.75) is 43.1 Å². The van der Waals surface area contributed by atoms with Crippen LogP contribution in [-0.2, 0) is 10.9 Å². The predicted octanol–water partition coefficient (Wildman–Crippen LogP) is 1.71. The van der Waals surface area contributed by atoms with Gasteiger partial charge >= 0.3 is 12.4 Å². The Balaban J connectivity index is 1.59. The third kappa shape index (κ3) is 7.22. The molecule has 0 amide bonds. The molecule has 1 saturated heterocycles. The highest BCUT2D eigenvalue weighted by molar-refractivity contribution is 6.05. The van der Waals surface area contributed by atoms with Crippen molar-refractivity contribution in [3.63, 3.8) is 0 Å². The zero-order chi connectivity index (χ0) is 32.4. The van der Waals surface area contributed by atoms with Crippen LogP contribution < -0.4 is 16.0 Å². The number of hydrogen-bond donors (Lipinski definition) is 6. The summed E-state index contributed by atoms with van der Waals surface area (Å²) >= 11 is 0. The molecule has 2 heterocycles. The van der Waals surface area contributed by atoms with Gasteiger partial charge in [-0.2, -0.15) is 31.4 Å². The number of halogens is 6. The van der Waals surface area contributed by atoms with Crippen molar-refractivity contribution < 1.29 is 56.2 Å². The van der Waals surface area contributed by atoms with Crippen molar-refractivity contribution in [3.8, 4) is 5.75 Å². The zero-order valence-corrected chi connectivity index (χ0v) is 22.1. The maximum atomic E-state index is 13.5. The summed E-state index contributed by atoms with van der Waals surface area (Å²) in [5, 5.41) is 50.7. The van der Waals surface area contributed by atoms with Crippen molar-refractivity contribution in [1.29, 1.82) is 5.41 Å². The molecule has 7 N–H and O–H groups in total. The van der Waals surface area contributed by atoms with Crippen LogP contribution in [0.2, 0.25) is 0 Å². The first-order valence-electron chi connectivity index (χ1n) is 12.5. The van der Waals surface area contributed by atoms with Gasteiger partial charge in [0.25, 0.3) is 0 Å². The quantitative estimate of drug-likeness (QED) is 0.168. The van der Waals surface area contributed by atoms with Crippen LogP contribution >= 0.6 is 0 Å². The topological polar surface area (TPSA) is 192 Å². The first-order valence-corrected chi connectivity index (χ1v) is 12.5. The first kappa shape index (κ1) is 32.6. The van der Waals surface area contributed by atoms with E-state index in [-0.39, 0.29) is 11.4 Å². The Labute approximate surface area is 243 Å². The van der Waals surface area contributed by atoms with Crippen LogP contribution in [0.25, 0.3) is 0 Å². The largest absolute Gasteiger partial charge is 0.462 e. The molecule has 2 aromatic carbocycles. The molecule has 4 rings (SSSR count). The number of nitrogens with one attached hydrogen (secondary N) is 1. The summed E-state index contributed by atoms with van der Waals surface area (Å²) < 4.78 is 90.6. The molecule has 0 radical (unpaired) electrons. The Morgan fingerprint density at radius 1 is 1.00 bits per heavy atom. The van der Waals surface area contributed by atoms with E-state index in [4.69, 9.17) is 20.6 Å². The maximum Gasteiger partial charge on any atom is 0.433 e. The van der Waals surface area contributed by atoms with Crippen LogP contribution in [0.15, 0.2) is 65.0 Å². The molecule has 0 saturated carbocycles. The predicted molar refractivity (Wildman–Crippen MR) is 140 cm³/mol. The second-order valence-electron chi connectivity index (χ2n) is 9.33. The average molecular weight is 631 g/mol. The monoisotopic (exact) mass is 630 g/mol. The van der Waals surface area contributed by atoms with Crippen molar-refractivity contribution in [2.24, 2.45) is 10.1 Å². The Morgan fingerprint density at radius 3 is 2.20 bits per heavy atom. The molecule has 1 fully saturated rings. The molecule has 0 bridgehead atoms. The van der Waals surface area contributed by atoms with Crippen LogP contribution in [0.1, 0.15) is 16.7 Å². The van der Waals surface area contributed by atoms with Gasteiger partial charge in [-0.1, -0.05) is 0 Å². The highest BCUT2D eigenvalue weighted by Gasteiger charge is 2.44. The van der Waals surface area contributed by atoms with Crippen molar-refractivity contribution in [3.05, 3.63) is 77.0 Å². The van der Waals surface area contributed by atoms with Gasteiger partial charge in [0.1, 0.15) is 42.3 Å². The fraction of sp³-hybridized carbons (Fsp3) is 0.308. The maximum absolute atomic E-state index is 13.5. The Kier molecular flexibility index (Phi) is 9.40. The molecule has 44 heavy (non-hydrogen) atoms. The number of nitrogen functional groups attached to an aromatic ring is 1. The van der Waals surface area contributed by atoms with Crippen LogP contribution in [0.4, 0.5) is 37.8 Å². The lowest BCUT2D eigenvalue weighted by Gasteiger charge is -2.39. The van der Waals surface area contributed by atoms with E-state index in [0.717, 1.165) is 23.1 Å². The van der Waals surface area contributed by atoms with E-state index in [0.29, 0.717) is 17.7 Å². The lowest BCUT2D eigenvalue weighted by atomic mass is 9.99. The number of aliphatic hydroxyl groups is 4. The fourth-order valence-corrected chi connectivity index (χ4v) is 3.93. The van der Waals surface area contributed by atoms with E-state index >= 15 is 0 Å². The van der Waals surface area contributed by atoms with E-state index in [1.165, 1.54) is 30.5 Å². The summed E-state index contributed by atoms with van der Waals surface area (Å²) in [4.78, 5) is 7.64. The zero-order valence-electron chi connectivity index (χ0n) is 22.1. The summed E-state index contributed by atoms with van der Waals surface area (Å²) in [5.74, 6) is -0.553. The number of anilines is 1. The lowest BCUT2D eigenvalue weighted by molar-refractivity contribution is -0.277. The van der Waals surface area contributed by atoms with E-state index in [2.05, 4.69) is 15.1 Å². The summed E-state index contributed by atoms with van der Waals surface area (Å²) in [7, 11) is 0.